The first kappa shape index (κ1) is 11.0. The summed E-state index contributed by atoms with van der Waals surface area (Å²) in [6.45, 7) is 0.811. The van der Waals surface area contributed by atoms with E-state index in [0.29, 0.717) is 6.42 Å². The van der Waals surface area contributed by atoms with Crippen LogP contribution in [0.25, 0.3) is 0 Å². The standard InChI is InChI=1S/C12H17N3O/c1-13-8-15(2)10-4-5-11-9(7-10)3-6-12(16)14-11/h4-5,7,13H,3,6,8H2,1-2H3,(H,14,16). The summed E-state index contributed by atoms with van der Waals surface area (Å²) in [6, 6.07) is 6.15. The van der Waals surface area contributed by atoms with E-state index in [-0.39, 0.29) is 5.91 Å². The maximum atomic E-state index is 11.2. The highest BCUT2D eigenvalue weighted by Gasteiger charge is 2.15. The van der Waals surface area contributed by atoms with Crippen molar-refractivity contribution in [2.24, 2.45) is 0 Å². The lowest BCUT2D eigenvalue weighted by Crippen LogP contribution is -2.28. The first-order valence-electron chi connectivity index (χ1n) is 5.49. The van der Waals surface area contributed by atoms with E-state index in [1.165, 1.54) is 11.3 Å². The van der Waals surface area contributed by atoms with Crippen LogP contribution in [-0.4, -0.2) is 26.7 Å². The average molecular weight is 219 g/mol. The van der Waals surface area contributed by atoms with Crippen LogP contribution < -0.4 is 15.5 Å². The Labute approximate surface area is 95.6 Å². The predicted molar refractivity (Wildman–Crippen MR) is 65.7 cm³/mol. The van der Waals surface area contributed by atoms with E-state index in [0.717, 1.165) is 18.8 Å². The van der Waals surface area contributed by atoms with Gasteiger partial charge in [0.05, 0.1) is 6.67 Å². The fourth-order valence-corrected chi connectivity index (χ4v) is 1.94. The summed E-state index contributed by atoms with van der Waals surface area (Å²) >= 11 is 0. The largest absolute Gasteiger partial charge is 0.362 e. The van der Waals surface area contributed by atoms with Crippen LogP contribution in [0.3, 0.4) is 0 Å². The lowest BCUT2D eigenvalue weighted by Gasteiger charge is -2.22. The van der Waals surface area contributed by atoms with Crippen LogP contribution >= 0.6 is 0 Å². The minimum Gasteiger partial charge on any atom is -0.362 e. The Morgan fingerprint density at radius 1 is 1.44 bits per heavy atom. The molecule has 1 amide bonds. The molecule has 0 aliphatic carbocycles. The number of aryl methyl sites for hydroxylation is 1. The van der Waals surface area contributed by atoms with E-state index in [1.54, 1.807) is 0 Å². The number of benzene rings is 1. The zero-order valence-electron chi connectivity index (χ0n) is 9.71. The number of nitrogens with one attached hydrogen (secondary N) is 2. The van der Waals surface area contributed by atoms with Crippen LogP contribution in [-0.2, 0) is 11.2 Å². The Balaban J connectivity index is 2.22. The number of carbonyl (C=O) groups excluding carboxylic acids is 1. The maximum absolute atomic E-state index is 11.2. The Morgan fingerprint density at radius 2 is 2.25 bits per heavy atom. The normalized spacial score (nSPS) is 14.2. The summed E-state index contributed by atoms with van der Waals surface area (Å²) in [4.78, 5) is 13.4. The number of nitrogens with zero attached hydrogens (tertiary/aromatic N) is 1. The molecule has 0 unspecified atom stereocenters. The minimum absolute atomic E-state index is 0.115. The summed E-state index contributed by atoms with van der Waals surface area (Å²) in [6.07, 6.45) is 1.43. The molecule has 1 aromatic carbocycles. The van der Waals surface area contributed by atoms with Gasteiger partial charge in [-0.25, -0.2) is 0 Å². The molecular formula is C12H17N3O. The van der Waals surface area contributed by atoms with E-state index in [9.17, 15) is 4.79 Å². The molecule has 2 N–H and O–H groups in total. The summed E-state index contributed by atoms with van der Waals surface area (Å²) in [5, 5.41) is 5.99. The van der Waals surface area contributed by atoms with Gasteiger partial charge in [0.25, 0.3) is 0 Å². The topological polar surface area (TPSA) is 44.4 Å². The van der Waals surface area contributed by atoms with Crippen molar-refractivity contribution in [1.29, 1.82) is 0 Å². The van der Waals surface area contributed by atoms with Crippen LogP contribution in [0, 0.1) is 0 Å². The zero-order chi connectivity index (χ0) is 11.5. The van der Waals surface area contributed by atoms with E-state index >= 15 is 0 Å². The zero-order valence-corrected chi connectivity index (χ0v) is 9.71. The van der Waals surface area contributed by atoms with E-state index < -0.39 is 0 Å². The quantitative estimate of drug-likeness (QED) is 0.750. The summed E-state index contributed by atoms with van der Waals surface area (Å²) in [5.41, 5.74) is 3.35. The minimum atomic E-state index is 0.115. The molecular weight excluding hydrogens is 202 g/mol. The molecule has 0 fully saturated rings. The van der Waals surface area contributed by atoms with Gasteiger partial charge < -0.3 is 15.5 Å². The molecule has 0 saturated heterocycles. The third kappa shape index (κ3) is 2.17. The molecule has 1 aliphatic heterocycles. The molecule has 1 aliphatic rings. The molecule has 0 aromatic heterocycles. The van der Waals surface area contributed by atoms with Crippen molar-refractivity contribution in [2.75, 3.05) is 31.0 Å². The van der Waals surface area contributed by atoms with Crippen molar-refractivity contribution in [3.05, 3.63) is 23.8 Å². The van der Waals surface area contributed by atoms with Gasteiger partial charge in [-0.15, -0.1) is 0 Å². The van der Waals surface area contributed by atoms with Gasteiger partial charge in [-0.2, -0.15) is 0 Å². The van der Waals surface area contributed by atoms with Crippen molar-refractivity contribution >= 4 is 17.3 Å². The molecule has 86 valence electrons. The fraction of sp³-hybridized carbons (Fsp3) is 0.417. The van der Waals surface area contributed by atoms with E-state index in [4.69, 9.17) is 0 Å². The van der Waals surface area contributed by atoms with Crippen LogP contribution in [0.15, 0.2) is 18.2 Å². The third-order valence-electron chi connectivity index (χ3n) is 2.82. The summed E-state index contributed by atoms with van der Waals surface area (Å²) in [7, 11) is 3.97. The Hall–Kier alpha value is -1.55. The van der Waals surface area contributed by atoms with E-state index in [1.807, 2.05) is 26.2 Å². The smallest absolute Gasteiger partial charge is 0.224 e. The van der Waals surface area contributed by atoms with Crippen LogP contribution in [0.4, 0.5) is 11.4 Å². The van der Waals surface area contributed by atoms with Crippen molar-refractivity contribution in [2.45, 2.75) is 12.8 Å². The van der Waals surface area contributed by atoms with Crippen LogP contribution in [0.2, 0.25) is 0 Å². The highest BCUT2D eigenvalue weighted by Crippen LogP contribution is 2.26. The Kier molecular flexibility index (Phi) is 3.10. The van der Waals surface area contributed by atoms with Crippen molar-refractivity contribution in [3.8, 4) is 0 Å². The van der Waals surface area contributed by atoms with Gasteiger partial charge in [0, 0.05) is 24.8 Å². The predicted octanol–water partition coefficient (Wildman–Crippen LogP) is 1.18. The number of carbonyl (C=O) groups is 1. The second-order valence-corrected chi connectivity index (χ2v) is 4.10. The van der Waals surface area contributed by atoms with E-state index in [2.05, 4.69) is 21.6 Å². The number of fused-ring (bicyclic) bond motifs is 1. The maximum Gasteiger partial charge on any atom is 0.224 e. The Bertz CT molecular complexity index is 403. The molecule has 1 heterocycles. The average Bonchev–Trinajstić information content (AvgIpc) is 2.28. The number of hydrogen-bond donors (Lipinski definition) is 2. The molecule has 16 heavy (non-hydrogen) atoms. The van der Waals surface area contributed by atoms with Gasteiger partial charge in [-0.1, -0.05) is 0 Å². The van der Waals surface area contributed by atoms with Gasteiger partial charge in [0.1, 0.15) is 0 Å². The highest BCUT2D eigenvalue weighted by molar-refractivity contribution is 5.94. The van der Waals surface area contributed by atoms with Crippen LogP contribution in [0.1, 0.15) is 12.0 Å². The molecule has 0 spiro atoms. The lowest BCUT2D eigenvalue weighted by molar-refractivity contribution is -0.116. The SMILES string of the molecule is CNCN(C)c1ccc2c(c1)CCC(=O)N2. The summed E-state index contributed by atoms with van der Waals surface area (Å²) in [5.74, 6) is 0.115. The lowest BCUT2D eigenvalue weighted by atomic mass is 10.0. The molecule has 2 rings (SSSR count). The van der Waals surface area contributed by atoms with Gasteiger partial charge in [0.15, 0.2) is 0 Å². The van der Waals surface area contributed by atoms with Crippen LogP contribution in [0.5, 0.6) is 0 Å². The molecule has 0 radical (unpaired) electrons. The second-order valence-electron chi connectivity index (χ2n) is 4.10. The third-order valence-corrected chi connectivity index (χ3v) is 2.82. The number of amides is 1. The van der Waals surface area contributed by atoms with Crippen molar-refractivity contribution in [3.63, 3.8) is 0 Å². The molecule has 4 nitrogen and oxygen atoms in total. The summed E-state index contributed by atoms with van der Waals surface area (Å²) < 4.78 is 0. The molecule has 0 atom stereocenters. The first-order chi connectivity index (χ1) is 7.70. The van der Waals surface area contributed by atoms with Gasteiger partial charge >= 0.3 is 0 Å². The highest BCUT2D eigenvalue weighted by atomic mass is 16.1. The monoisotopic (exact) mass is 219 g/mol. The number of hydrogen-bond acceptors (Lipinski definition) is 3. The van der Waals surface area contributed by atoms with Crippen molar-refractivity contribution in [1.82, 2.24) is 5.32 Å². The first-order valence-corrected chi connectivity index (χ1v) is 5.49. The molecule has 0 bridgehead atoms. The number of anilines is 2. The van der Waals surface area contributed by atoms with Gasteiger partial charge in [-0.05, 0) is 37.2 Å². The molecule has 4 heteroatoms. The fourth-order valence-electron chi connectivity index (χ4n) is 1.94. The van der Waals surface area contributed by atoms with Gasteiger partial charge in [0.2, 0.25) is 5.91 Å². The van der Waals surface area contributed by atoms with Gasteiger partial charge in [-0.3, -0.25) is 4.79 Å². The van der Waals surface area contributed by atoms with Crippen molar-refractivity contribution < 1.29 is 4.79 Å². The molecule has 0 saturated carbocycles. The second kappa shape index (κ2) is 4.53. The number of rotatable bonds is 3. The Morgan fingerprint density at radius 3 is 3.00 bits per heavy atom. The molecule has 1 aromatic rings.